The molecular formula is C17H22N2O6S. The molecule has 0 saturated carbocycles. The van der Waals surface area contributed by atoms with Crippen LogP contribution in [0.15, 0.2) is 32.3 Å². The number of hydrogen-bond acceptors (Lipinski definition) is 6. The topological polar surface area (TPSA) is 98.8 Å². The van der Waals surface area contributed by atoms with Crippen LogP contribution >= 0.6 is 0 Å². The second kappa shape index (κ2) is 7.24. The quantitative estimate of drug-likeness (QED) is 0.728. The summed E-state index contributed by atoms with van der Waals surface area (Å²) in [6, 6.07) is 4.26. The molecule has 1 aromatic heterocycles. The zero-order valence-corrected chi connectivity index (χ0v) is 15.6. The Hall–Kier alpha value is -2.13. The van der Waals surface area contributed by atoms with Crippen molar-refractivity contribution in [2.45, 2.75) is 38.1 Å². The van der Waals surface area contributed by atoms with Crippen LogP contribution < -0.4 is 5.76 Å². The van der Waals surface area contributed by atoms with Crippen LogP contribution in [0, 0.1) is 5.92 Å². The lowest BCUT2D eigenvalue weighted by molar-refractivity contribution is -0.143. The maximum atomic E-state index is 12.9. The highest BCUT2D eigenvalue weighted by molar-refractivity contribution is 7.89. The molecule has 0 spiro atoms. The number of hydrogen-bond donors (Lipinski definition) is 0. The number of rotatable bonds is 5. The van der Waals surface area contributed by atoms with Gasteiger partial charge in [-0.05, 0) is 37.8 Å². The van der Waals surface area contributed by atoms with Crippen molar-refractivity contribution in [3.05, 3.63) is 28.7 Å². The smallest absolute Gasteiger partial charge is 0.420 e. The van der Waals surface area contributed by atoms with Crippen LogP contribution in [0.25, 0.3) is 11.1 Å². The van der Waals surface area contributed by atoms with Gasteiger partial charge in [-0.25, -0.2) is 13.2 Å². The van der Waals surface area contributed by atoms with Gasteiger partial charge in [0.1, 0.15) is 6.54 Å². The lowest BCUT2D eigenvalue weighted by atomic mass is 10.0. The zero-order chi connectivity index (χ0) is 18.9. The molecule has 0 unspecified atom stereocenters. The number of oxazole rings is 1. The lowest BCUT2D eigenvalue weighted by Gasteiger charge is -2.29. The van der Waals surface area contributed by atoms with Gasteiger partial charge in [-0.15, -0.1) is 0 Å². The molecule has 26 heavy (non-hydrogen) atoms. The van der Waals surface area contributed by atoms with E-state index in [0.29, 0.717) is 24.5 Å². The summed E-state index contributed by atoms with van der Waals surface area (Å²) in [6.07, 6.45) is 1.84. The molecule has 1 saturated heterocycles. The van der Waals surface area contributed by atoms with Crippen LogP contribution in [0.4, 0.5) is 0 Å². The van der Waals surface area contributed by atoms with E-state index in [4.69, 9.17) is 9.15 Å². The Labute approximate surface area is 151 Å². The van der Waals surface area contributed by atoms with Gasteiger partial charge in [0.05, 0.1) is 17.0 Å². The molecule has 1 aromatic carbocycles. The van der Waals surface area contributed by atoms with Crippen LogP contribution in [0.3, 0.4) is 0 Å². The second-order valence-corrected chi connectivity index (χ2v) is 8.44. The van der Waals surface area contributed by atoms with E-state index in [2.05, 4.69) is 0 Å². The third-order valence-corrected chi connectivity index (χ3v) is 6.35. The first-order valence-corrected chi connectivity index (χ1v) is 10.1. The number of sulfonamides is 1. The van der Waals surface area contributed by atoms with E-state index in [9.17, 15) is 18.0 Å². The highest BCUT2D eigenvalue weighted by atomic mass is 32.2. The molecule has 1 aliphatic rings. The molecule has 1 fully saturated rings. The van der Waals surface area contributed by atoms with Gasteiger partial charge in [0, 0.05) is 19.2 Å². The molecule has 9 heteroatoms. The van der Waals surface area contributed by atoms with Gasteiger partial charge in [0.25, 0.3) is 0 Å². The summed E-state index contributed by atoms with van der Waals surface area (Å²) in [5, 5.41) is 0. The van der Waals surface area contributed by atoms with E-state index in [-0.39, 0.29) is 23.6 Å². The minimum Gasteiger partial charge on any atom is -0.465 e. The van der Waals surface area contributed by atoms with Gasteiger partial charge in [0.15, 0.2) is 5.58 Å². The number of ether oxygens (including phenoxy) is 1. The molecule has 0 aliphatic carbocycles. The summed E-state index contributed by atoms with van der Waals surface area (Å²) in [4.78, 5) is 23.7. The number of nitrogens with zero attached hydrogens (tertiary/aromatic N) is 2. The standard InChI is InChI=1S/C17H22N2O6S/c1-3-24-16(20)11-19-14-7-6-13(9-15(14)25-17(19)21)26(22,23)18-8-4-5-12(2)10-18/h6-7,9,12H,3-5,8,10-11H2,1-2H3/t12-/m0/s1. The molecule has 2 heterocycles. The first kappa shape index (κ1) is 18.7. The fourth-order valence-corrected chi connectivity index (χ4v) is 4.82. The average molecular weight is 382 g/mol. The number of fused-ring (bicyclic) bond motifs is 1. The molecule has 3 rings (SSSR count). The zero-order valence-electron chi connectivity index (χ0n) is 14.8. The summed E-state index contributed by atoms with van der Waals surface area (Å²) in [5.74, 6) is -0.976. The third kappa shape index (κ3) is 3.54. The van der Waals surface area contributed by atoms with Crippen molar-refractivity contribution in [3.8, 4) is 0 Å². The Bertz CT molecular complexity index is 975. The highest BCUT2D eigenvalue weighted by Crippen LogP contribution is 2.25. The van der Waals surface area contributed by atoms with E-state index < -0.39 is 21.7 Å². The van der Waals surface area contributed by atoms with Crippen molar-refractivity contribution < 1.29 is 22.4 Å². The summed E-state index contributed by atoms with van der Waals surface area (Å²) >= 11 is 0. The average Bonchev–Trinajstić information content (AvgIpc) is 2.90. The van der Waals surface area contributed by atoms with Crippen molar-refractivity contribution in [1.82, 2.24) is 8.87 Å². The molecular weight excluding hydrogens is 360 g/mol. The Balaban J connectivity index is 1.95. The summed E-state index contributed by atoms with van der Waals surface area (Å²) in [7, 11) is -3.65. The van der Waals surface area contributed by atoms with E-state index in [1.165, 1.54) is 22.5 Å². The Kier molecular flexibility index (Phi) is 5.19. The van der Waals surface area contributed by atoms with Crippen LogP contribution in [-0.4, -0.2) is 43.0 Å². The summed E-state index contributed by atoms with van der Waals surface area (Å²) < 4.78 is 38.3. The van der Waals surface area contributed by atoms with Crippen molar-refractivity contribution in [3.63, 3.8) is 0 Å². The Morgan fingerprint density at radius 1 is 1.38 bits per heavy atom. The molecule has 0 amide bonds. The maximum absolute atomic E-state index is 12.9. The second-order valence-electron chi connectivity index (χ2n) is 6.50. The fraction of sp³-hybridized carbons (Fsp3) is 0.529. The Morgan fingerprint density at radius 2 is 2.15 bits per heavy atom. The molecule has 2 aromatic rings. The van der Waals surface area contributed by atoms with E-state index in [0.717, 1.165) is 17.4 Å². The van der Waals surface area contributed by atoms with Gasteiger partial charge < -0.3 is 9.15 Å². The molecule has 0 radical (unpaired) electrons. The van der Waals surface area contributed by atoms with Gasteiger partial charge in [-0.3, -0.25) is 9.36 Å². The SMILES string of the molecule is CCOC(=O)Cn1c(=O)oc2cc(S(=O)(=O)N3CCC[C@H](C)C3)ccc21. The molecule has 8 nitrogen and oxygen atoms in total. The number of piperidine rings is 1. The van der Waals surface area contributed by atoms with Crippen molar-refractivity contribution in [1.29, 1.82) is 0 Å². The van der Waals surface area contributed by atoms with Crippen LogP contribution in [0.1, 0.15) is 26.7 Å². The van der Waals surface area contributed by atoms with E-state index >= 15 is 0 Å². The first-order valence-electron chi connectivity index (χ1n) is 8.62. The predicted molar refractivity (Wildman–Crippen MR) is 94.3 cm³/mol. The number of carbonyl (C=O) groups is 1. The lowest BCUT2D eigenvalue weighted by Crippen LogP contribution is -2.39. The minimum absolute atomic E-state index is 0.0798. The number of benzene rings is 1. The molecule has 0 N–H and O–H groups in total. The number of aromatic nitrogens is 1. The van der Waals surface area contributed by atoms with Crippen LogP contribution in [0.2, 0.25) is 0 Å². The van der Waals surface area contributed by atoms with Crippen molar-refractivity contribution in [2.24, 2.45) is 5.92 Å². The van der Waals surface area contributed by atoms with Crippen molar-refractivity contribution >= 4 is 27.1 Å². The minimum atomic E-state index is -3.65. The van der Waals surface area contributed by atoms with Crippen molar-refractivity contribution in [2.75, 3.05) is 19.7 Å². The third-order valence-electron chi connectivity index (χ3n) is 4.49. The van der Waals surface area contributed by atoms with Gasteiger partial charge >= 0.3 is 11.7 Å². The van der Waals surface area contributed by atoms with Gasteiger partial charge in [-0.1, -0.05) is 6.92 Å². The molecule has 0 bridgehead atoms. The normalized spacial score (nSPS) is 18.9. The fourth-order valence-electron chi connectivity index (χ4n) is 3.21. The summed E-state index contributed by atoms with van der Waals surface area (Å²) in [6.45, 7) is 4.59. The summed E-state index contributed by atoms with van der Waals surface area (Å²) in [5.41, 5.74) is 0.486. The predicted octanol–water partition coefficient (Wildman–Crippen LogP) is 1.58. The number of carbonyl (C=O) groups excluding carboxylic acids is 1. The molecule has 1 aliphatic heterocycles. The monoisotopic (exact) mass is 382 g/mol. The number of esters is 1. The highest BCUT2D eigenvalue weighted by Gasteiger charge is 2.29. The van der Waals surface area contributed by atoms with E-state index in [1.807, 2.05) is 6.92 Å². The van der Waals surface area contributed by atoms with Gasteiger partial charge in [-0.2, -0.15) is 4.31 Å². The maximum Gasteiger partial charge on any atom is 0.420 e. The molecule has 142 valence electrons. The Morgan fingerprint density at radius 3 is 2.85 bits per heavy atom. The van der Waals surface area contributed by atoms with Crippen LogP contribution in [-0.2, 0) is 26.1 Å². The van der Waals surface area contributed by atoms with E-state index in [1.54, 1.807) is 6.92 Å². The first-order chi connectivity index (χ1) is 12.3. The van der Waals surface area contributed by atoms with Gasteiger partial charge in [0.2, 0.25) is 10.0 Å². The molecule has 1 atom stereocenters. The van der Waals surface area contributed by atoms with Crippen LogP contribution in [0.5, 0.6) is 0 Å². The largest absolute Gasteiger partial charge is 0.465 e.